The van der Waals surface area contributed by atoms with Crippen LogP contribution in [0, 0.1) is 0 Å². The van der Waals surface area contributed by atoms with Crippen molar-refractivity contribution in [1.82, 2.24) is 4.98 Å². The first-order chi connectivity index (χ1) is 10.9. The Kier molecular flexibility index (Phi) is 2.58. The van der Waals surface area contributed by atoms with Crippen LogP contribution in [0.2, 0.25) is 0 Å². The fourth-order valence-electron chi connectivity index (χ4n) is 3.69. The first kappa shape index (κ1) is 12.3. The van der Waals surface area contributed by atoms with Crippen LogP contribution < -0.4 is 15.5 Å². The van der Waals surface area contributed by atoms with Gasteiger partial charge in [0, 0.05) is 30.5 Å². The second-order valence-electron chi connectivity index (χ2n) is 6.22. The minimum absolute atomic E-state index is 0.420. The molecule has 3 aliphatic rings. The lowest BCUT2D eigenvalue weighted by atomic mass is 10.2. The number of morpholine rings is 1. The molecule has 22 heavy (non-hydrogen) atoms. The fourth-order valence-corrected chi connectivity index (χ4v) is 3.69. The molecule has 2 N–H and O–H groups in total. The maximum absolute atomic E-state index is 5.70. The normalized spacial score (nSPS) is 25.0. The van der Waals surface area contributed by atoms with E-state index in [4.69, 9.17) is 4.74 Å². The molecule has 0 spiro atoms. The third kappa shape index (κ3) is 1.85. The standard InChI is InChI=1S/C17H18N4O/c1-2-11-8-19-16-7-12(21-9-14-6-13(21)10-22-14)3-4-15(16)20-17(11)18-5-1/h1-5,7,13-14,19H,6,8-10H2,(H,18,20)/t13-,14-/m0/s1. The van der Waals surface area contributed by atoms with Gasteiger partial charge < -0.3 is 20.3 Å². The zero-order chi connectivity index (χ0) is 14.5. The zero-order valence-electron chi connectivity index (χ0n) is 12.2. The molecule has 3 aliphatic heterocycles. The number of anilines is 4. The summed E-state index contributed by atoms with van der Waals surface area (Å²) in [6.45, 7) is 2.67. The molecule has 1 aromatic carbocycles. The first-order valence-electron chi connectivity index (χ1n) is 7.84. The molecule has 2 bridgehead atoms. The van der Waals surface area contributed by atoms with Gasteiger partial charge in [0.05, 0.1) is 30.1 Å². The minimum atomic E-state index is 0.420. The molecule has 4 heterocycles. The van der Waals surface area contributed by atoms with Crippen molar-refractivity contribution >= 4 is 22.9 Å². The molecular formula is C17H18N4O. The molecule has 0 unspecified atom stereocenters. The maximum atomic E-state index is 5.70. The number of fused-ring (bicyclic) bond motifs is 4. The smallest absolute Gasteiger partial charge is 0.135 e. The lowest BCUT2D eigenvalue weighted by Crippen LogP contribution is -2.36. The van der Waals surface area contributed by atoms with Crippen LogP contribution in [-0.2, 0) is 11.3 Å². The number of nitrogens with one attached hydrogen (secondary N) is 2. The van der Waals surface area contributed by atoms with E-state index in [0.717, 1.165) is 43.3 Å². The van der Waals surface area contributed by atoms with Crippen molar-refractivity contribution in [2.45, 2.75) is 25.1 Å². The predicted molar refractivity (Wildman–Crippen MR) is 86.8 cm³/mol. The topological polar surface area (TPSA) is 49.4 Å². The van der Waals surface area contributed by atoms with Gasteiger partial charge in [-0.3, -0.25) is 0 Å². The number of pyridine rings is 1. The van der Waals surface area contributed by atoms with Crippen LogP contribution in [0.15, 0.2) is 36.5 Å². The van der Waals surface area contributed by atoms with Crippen LogP contribution in [-0.4, -0.2) is 30.3 Å². The van der Waals surface area contributed by atoms with Crippen molar-refractivity contribution in [3.05, 3.63) is 42.1 Å². The second kappa shape index (κ2) is 4.61. The van der Waals surface area contributed by atoms with Gasteiger partial charge in [0.1, 0.15) is 5.82 Å². The van der Waals surface area contributed by atoms with Gasteiger partial charge in [0.25, 0.3) is 0 Å². The summed E-state index contributed by atoms with van der Waals surface area (Å²) in [4.78, 5) is 6.91. The quantitative estimate of drug-likeness (QED) is 0.847. The summed E-state index contributed by atoms with van der Waals surface area (Å²) in [7, 11) is 0. The molecule has 112 valence electrons. The van der Waals surface area contributed by atoms with Gasteiger partial charge in [-0.05, 0) is 30.7 Å². The molecule has 2 aromatic rings. The largest absolute Gasteiger partial charge is 0.379 e. The molecule has 2 saturated heterocycles. The highest BCUT2D eigenvalue weighted by atomic mass is 16.5. The molecule has 2 atom stereocenters. The molecule has 2 fully saturated rings. The summed E-state index contributed by atoms with van der Waals surface area (Å²) in [5.41, 5.74) is 4.69. The molecule has 0 saturated carbocycles. The highest BCUT2D eigenvalue weighted by Gasteiger charge is 2.39. The minimum Gasteiger partial charge on any atom is -0.379 e. The lowest BCUT2D eigenvalue weighted by molar-refractivity contribution is 0.0991. The van der Waals surface area contributed by atoms with Crippen molar-refractivity contribution in [1.29, 1.82) is 0 Å². The van der Waals surface area contributed by atoms with E-state index in [1.165, 1.54) is 11.3 Å². The number of aromatic nitrogens is 1. The van der Waals surface area contributed by atoms with Crippen LogP contribution >= 0.6 is 0 Å². The summed E-state index contributed by atoms with van der Waals surface area (Å²) in [5, 5.41) is 6.97. The van der Waals surface area contributed by atoms with E-state index in [1.54, 1.807) is 0 Å². The molecule has 0 radical (unpaired) electrons. The molecule has 0 amide bonds. The Balaban J connectivity index is 1.48. The Hall–Kier alpha value is -2.27. The fraction of sp³-hybridized carbons (Fsp3) is 0.353. The van der Waals surface area contributed by atoms with Crippen LogP contribution in [0.25, 0.3) is 0 Å². The van der Waals surface area contributed by atoms with E-state index in [2.05, 4.69) is 44.8 Å². The molecule has 5 rings (SSSR count). The number of nitrogens with zero attached hydrogens (tertiary/aromatic N) is 2. The average molecular weight is 294 g/mol. The third-order valence-electron chi connectivity index (χ3n) is 4.85. The maximum Gasteiger partial charge on any atom is 0.135 e. The van der Waals surface area contributed by atoms with Gasteiger partial charge in [0.15, 0.2) is 0 Å². The summed E-state index contributed by atoms with van der Waals surface area (Å²) >= 11 is 0. The summed E-state index contributed by atoms with van der Waals surface area (Å²) in [5.74, 6) is 0.940. The number of benzene rings is 1. The molecule has 1 aromatic heterocycles. The van der Waals surface area contributed by atoms with E-state index in [1.807, 2.05) is 12.3 Å². The number of ether oxygens (including phenoxy) is 1. The van der Waals surface area contributed by atoms with Gasteiger partial charge in [-0.2, -0.15) is 0 Å². The first-order valence-corrected chi connectivity index (χ1v) is 7.84. The van der Waals surface area contributed by atoms with Crippen molar-refractivity contribution in [3.8, 4) is 0 Å². The van der Waals surface area contributed by atoms with E-state index < -0.39 is 0 Å². The summed E-state index contributed by atoms with van der Waals surface area (Å²) < 4.78 is 5.70. The Morgan fingerprint density at radius 1 is 1.23 bits per heavy atom. The molecule has 5 nitrogen and oxygen atoms in total. The monoisotopic (exact) mass is 294 g/mol. The zero-order valence-corrected chi connectivity index (χ0v) is 12.2. The second-order valence-corrected chi connectivity index (χ2v) is 6.22. The Morgan fingerprint density at radius 3 is 3.09 bits per heavy atom. The van der Waals surface area contributed by atoms with Crippen LogP contribution in [0.1, 0.15) is 12.0 Å². The van der Waals surface area contributed by atoms with Crippen molar-refractivity contribution in [3.63, 3.8) is 0 Å². The van der Waals surface area contributed by atoms with Crippen LogP contribution in [0.5, 0.6) is 0 Å². The van der Waals surface area contributed by atoms with E-state index in [9.17, 15) is 0 Å². The molecule has 0 aliphatic carbocycles. The van der Waals surface area contributed by atoms with Gasteiger partial charge in [-0.1, -0.05) is 6.07 Å². The number of hydrogen-bond donors (Lipinski definition) is 2. The number of rotatable bonds is 1. The van der Waals surface area contributed by atoms with Gasteiger partial charge >= 0.3 is 0 Å². The van der Waals surface area contributed by atoms with E-state index in [-0.39, 0.29) is 0 Å². The Morgan fingerprint density at radius 2 is 2.23 bits per heavy atom. The van der Waals surface area contributed by atoms with Crippen LogP contribution in [0.4, 0.5) is 22.9 Å². The van der Waals surface area contributed by atoms with Crippen molar-refractivity contribution in [2.24, 2.45) is 0 Å². The van der Waals surface area contributed by atoms with E-state index in [0.29, 0.717) is 12.1 Å². The van der Waals surface area contributed by atoms with Gasteiger partial charge in [-0.15, -0.1) is 0 Å². The Labute approximate surface area is 129 Å². The SMILES string of the molecule is c1cnc2c(c1)CNc1cc(N3C[C@@H]4C[C@H]3CO4)ccc1N2. The van der Waals surface area contributed by atoms with Crippen molar-refractivity contribution in [2.75, 3.05) is 28.7 Å². The number of hydrogen-bond acceptors (Lipinski definition) is 5. The predicted octanol–water partition coefficient (Wildman–Crippen LogP) is 2.73. The van der Waals surface area contributed by atoms with E-state index >= 15 is 0 Å². The molecule has 5 heteroatoms. The Bertz CT molecular complexity index is 732. The average Bonchev–Trinajstić information content (AvgIpc) is 3.13. The highest BCUT2D eigenvalue weighted by molar-refractivity contribution is 5.80. The summed E-state index contributed by atoms with van der Waals surface area (Å²) in [6, 6.07) is 11.2. The van der Waals surface area contributed by atoms with Gasteiger partial charge in [-0.25, -0.2) is 4.98 Å². The summed E-state index contributed by atoms with van der Waals surface area (Å²) in [6.07, 6.45) is 3.41. The van der Waals surface area contributed by atoms with Crippen LogP contribution in [0.3, 0.4) is 0 Å². The third-order valence-corrected chi connectivity index (χ3v) is 4.85. The molecular weight excluding hydrogens is 276 g/mol. The van der Waals surface area contributed by atoms with Gasteiger partial charge in [0.2, 0.25) is 0 Å². The highest BCUT2D eigenvalue weighted by Crippen LogP contribution is 2.37. The lowest BCUT2D eigenvalue weighted by Gasteiger charge is -2.29. The van der Waals surface area contributed by atoms with Crippen molar-refractivity contribution < 1.29 is 4.74 Å².